The van der Waals surface area contributed by atoms with Gasteiger partial charge in [-0.05, 0) is 55.4 Å². The average Bonchev–Trinajstić information content (AvgIpc) is 2.39. The second-order valence-electron chi connectivity index (χ2n) is 4.96. The third-order valence-corrected chi connectivity index (χ3v) is 3.80. The topological polar surface area (TPSA) is 33.1 Å². The number of aliphatic hydroxyl groups excluding tert-OH is 1. The lowest BCUT2D eigenvalue weighted by atomic mass is 9.82. The fraction of sp³-hybridized carbons (Fsp3) is 0.400. The number of nitrogens with zero attached hydrogens (tertiary/aromatic N) is 1. The van der Waals surface area contributed by atoms with Crippen LogP contribution in [0.1, 0.15) is 37.2 Å². The molecule has 1 aromatic heterocycles. The Balaban J connectivity index is 1.90. The van der Waals surface area contributed by atoms with Crippen molar-refractivity contribution in [2.45, 2.75) is 37.7 Å². The van der Waals surface area contributed by atoms with E-state index in [-0.39, 0.29) is 6.10 Å². The van der Waals surface area contributed by atoms with Crippen molar-refractivity contribution in [1.82, 2.24) is 4.98 Å². The van der Waals surface area contributed by atoms with Crippen molar-refractivity contribution in [2.75, 3.05) is 0 Å². The lowest BCUT2D eigenvalue weighted by molar-refractivity contribution is 0.122. The van der Waals surface area contributed by atoms with E-state index in [1.807, 2.05) is 12.3 Å². The largest absolute Gasteiger partial charge is 0.393 e. The van der Waals surface area contributed by atoms with Crippen LogP contribution in [0, 0.1) is 0 Å². The van der Waals surface area contributed by atoms with Gasteiger partial charge in [-0.2, -0.15) is 0 Å². The van der Waals surface area contributed by atoms with Crippen LogP contribution < -0.4 is 0 Å². The predicted octanol–water partition coefficient (Wildman–Crippen LogP) is 3.25. The number of hydrogen-bond donors (Lipinski definition) is 1. The van der Waals surface area contributed by atoms with Crippen molar-refractivity contribution < 1.29 is 5.11 Å². The molecule has 1 aliphatic rings. The van der Waals surface area contributed by atoms with Crippen LogP contribution in [0.5, 0.6) is 0 Å². The zero-order chi connectivity index (χ0) is 11.7. The van der Waals surface area contributed by atoms with Crippen LogP contribution in [0.25, 0.3) is 10.9 Å². The van der Waals surface area contributed by atoms with Crippen LogP contribution in [0.4, 0.5) is 0 Å². The number of rotatable bonds is 1. The summed E-state index contributed by atoms with van der Waals surface area (Å²) >= 11 is 0. The molecule has 2 nitrogen and oxygen atoms in total. The molecule has 1 aliphatic carbocycles. The Labute approximate surface area is 101 Å². The van der Waals surface area contributed by atoms with Crippen LogP contribution in [-0.4, -0.2) is 16.2 Å². The molecule has 0 radical (unpaired) electrons. The summed E-state index contributed by atoms with van der Waals surface area (Å²) in [6.45, 7) is 0. The highest BCUT2D eigenvalue weighted by atomic mass is 16.3. The highest BCUT2D eigenvalue weighted by molar-refractivity contribution is 5.79. The van der Waals surface area contributed by atoms with E-state index in [2.05, 4.69) is 29.2 Å². The summed E-state index contributed by atoms with van der Waals surface area (Å²) in [4.78, 5) is 4.34. The number of hydrogen-bond acceptors (Lipinski definition) is 2. The third kappa shape index (κ3) is 2.18. The van der Waals surface area contributed by atoms with Crippen LogP contribution in [0.3, 0.4) is 0 Å². The Hall–Kier alpha value is -1.41. The van der Waals surface area contributed by atoms with Gasteiger partial charge in [0, 0.05) is 11.6 Å². The maximum absolute atomic E-state index is 9.54. The smallest absolute Gasteiger partial charge is 0.0702 e. The summed E-state index contributed by atoms with van der Waals surface area (Å²) in [5.74, 6) is 0.614. The van der Waals surface area contributed by atoms with E-state index in [1.165, 1.54) is 10.9 Å². The van der Waals surface area contributed by atoms with E-state index in [0.29, 0.717) is 5.92 Å². The van der Waals surface area contributed by atoms with Gasteiger partial charge in [0.15, 0.2) is 0 Å². The van der Waals surface area contributed by atoms with Gasteiger partial charge in [0.2, 0.25) is 0 Å². The lowest BCUT2D eigenvalue weighted by Crippen LogP contribution is -2.16. The molecule has 88 valence electrons. The van der Waals surface area contributed by atoms with Gasteiger partial charge in [-0.15, -0.1) is 0 Å². The molecule has 0 bridgehead atoms. The maximum atomic E-state index is 9.54. The first-order valence-electron chi connectivity index (χ1n) is 6.36. The molecule has 0 spiro atoms. The lowest BCUT2D eigenvalue weighted by Gasteiger charge is -2.25. The monoisotopic (exact) mass is 227 g/mol. The van der Waals surface area contributed by atoms with Gasteiger partial charge in [0.05, 0.1) is 11.6 Å². The number of fused-ring (bicyclic) bond motifs is 1. The molecule has 1 fully saturated rings. The molecule has 1 saturated carbocycles. The van der Waals surface area contributed by atoms with Crippen LogP contribution in [0.2, 0.25) is 0 Å². The summed E-state index contributed by atoms with van der Waals surface area (Å²) in [5, 5.41) is 10.8. The fourth-order valence-electron chi connectivity index (χ4n) is 2.76. The molecular weight excluding hydrogens is 210 g/mol. The zero-order valence-corrected chi connectivity index (χ0v) is 9.84. The molecule has 0 amide bonds. The summed E-state index contributed by atoms with van der Waals surface area (Å²) in [6, 6.07) is 10.7. The summed E-state index contributed by atoms with van der Waals surface area (Å²) in [7, 11) is 0. The highest BCUT2D eigenvalue weighted by Gasteiger charge is 2.20. The number of aromatic nitrogens is 1. The number of aliphatic hydroxyl groups is 1. The number of benzene rings is 1. The molecule has 17 heavy (non-hydrogen) atoms. The second-order valence-corrected chi connectivity index (χ2v) is 4.96. The molecule has 1 heterocycles. The Morgan fingerprint density at radius 3 is 2.71 bits per heavy atom. The normalized spacial score (nSPS) is 25.0. The fourth-order valence-corrected chi connectivity index (χ4v) is 2.76. The molecule has 0 atom stereocenters. The molecule has 1 N–H and O–H groups in total. The van der Waals surface area contributed by atoms with Gasteiger partial charge in [-0.25, -0.2) is 0 Å². The van der Waals surface area contributed by atoms with E-state index in [1.54, 1.807) is 0 Å². The Kier molecular flexibility index (Phi) is 2.81. The highest BCUT2D eigenvalue weighted by Crippen LogP contribution is 2.33. The van der Waals surface area contributed by atoms with E-state index >= 15 is 0 Å². The van der Waals surface area contributed by atoms with Crippen molar-refractivity contribution >= 4 is 10.9 Å². The van der Waals surface area contributed by atoms with Crippen LogP contribution in [-0.2, 0) is 0 Å². The molecular formula is C15H17NO. The Bertz CT molecular complexity index is 515. The van der Waals surface area contributed by atoms with Gasteiger partial charge < -0.3 is 5.11 Å². The van der Waals surface area contributed by atoms with Crippen LogP contribution >= 0.6 is 0 Å². The zero-order valence-electron chi connectivity index (χ0n) is 9.84. The average molecular weight is 227 g/mol. The summed E-state index contributed by atoms with van der Waals surface area (Å²) in [5.41, 5.74) is 2.46. The first-order valence-corrected chi connectivity index (χ1v) is 6.36. The first-order chi connectivity index (χ1) is 8.33. The summed E-state index contributed by atoms with van der Waals surface area (Å²) in [6.07, 6.45) is 5.85. The van der Waals surface area contributed by atoms with Crippen molar-refractivity contribution in [2.24, 2.45) is 0 Å². The third-order valence-electron chi connectivity index (χ3n) is 3.80. The van der Waals surface area contributed by atoms with E-state index in [9.17, 15) is 5.11 Å². The molecule has 2 aromatic rings. The van der Waals surface area contributed by atoms with Gasteiger partial charge in [0.1, 0.15) is 0 Å². The summed E-state index contributed by atoms with van der Waals surface area (Å²) < 4.78 is 0. The van der Waals surface area contributed by atoms with E-state index in [0.717, 1.165) is 31.2 Å². The maximum Gasteiger partial charge on any atom is 0.0702 e. The number of pyridine rings is 1. The SMILES string of the molecule is O[C@H]1CC[C@@H](c2ccc3ncccc3c2)CC1. The van der Waals surface area contributed by atoms with Gasteiger partial charge >= 0.3 is 0 Å². The van der Waals surface area contributed by atoms with Crippen molar-refractivity contribution in [1.29, 1.82) is 0 Å². The molecule has 0 aliphatic heterocycles. The standard InChI is InChI=1S/C15H17NO/c17-14-6-3-11(4-7-14)12-5-8-15-13(10-12)2-1-9-16-15/h1-2,5,8-11,14,17H,3-4,6-7H2/t11-,14+. The van der Waals surface area contributed by atoms with Crippen molar-refractivity contribution in [3.05, 3.63) is 42.1 Å². The molecule has 2 heteroatoms. The van der Waals surface area contributed by atoms with Crippen LogP contribution in [0.15, 0.2) is 36.5 Å². The molecule has 0 saturated heterocycles. The van der Waals surface area contributed by atoms with Crippen molar-refractivity contribution in [3.8, 4) is 0 Å². The van der Waals surface area contributed by atoms with Gasteiger partial charge in [0.25, 0.3) is 0 Å². The molecule has 3 rings (SSSR count). The minimum absolute atomic E-state index is 0.0756. The minimum atomic E-state index is -0.0756. The molecule has 1 aromatic carbocycles. The van der Waals surface area contributed by atoms with Gasteiger partial charge in [-0.1, -0.05) is 12.1 Å². The Morgan fingerprint density at radius 2 is 1.88 bits per heavy atom. The second kappa shape index (κ2) is 4.46. The quantitative estimate of drug-likeness (QED) is 0.811. The Morgan fingerprint density at radius 1 is 1.06 bits per heavy atom. The molecule has 0 unspecified atom stereocenters. The minimum Gasteiger partial charge on any atom is -0.393 e. The van der Waals surface area contributed by atoms with Crippen molar-refractivity contribution in [3.63, 3.8) is 0 Å². The predicted molar refractivity (Wildman–Crippen MR) is 69.0 cm³/mol. The van der Waals surface area contributed by atoms with E-state index in [4.69, 9.17) is 0 Å². The van der Waals surface area contributed by atoms with Gasteiger partial charge in [-0.3, -0.25) is 4.98 Å². The first kappa shape index (κ1) is 10.7. The van der Waals surface area contributed by atoms with E-state index < -0.39 is 0 Å².